The number of aryl methyl sites for hydroxylation is 1. The molecule has 20 heavy (non-hydrogen) atoms. The second-order valence-electron chi connectivity index (χ2n) is 4.39. The summed E-state index contributed by atoms with van der Waals surface area (Å²) in [6, 6.07) is 9.75. The Labute approximate surface area is 123 Å². The number of allylic oxidation sites excluding steroid dienone is 2. The number of nitriles is 1. The normalized spacial score (nSPS) is 14.6. The van der Waals surface area contributed by atoms with Crippen molar-refractivity contribution in [1.29, 1.82) is 5.26 Å². The minimum absolute atomic E-state index is 0.0145. The van der Waals surface area contributed by atoms with Crippen LogP contribution in [0.5, 0.6) is 0 Å². The van der Waals surface area contributed by atoms with Gasteiger partial charge in [-0.1, -0.05) is 35.9 Å². The Kier molecular flexibility index (Phi) is 4.60. The zero-order valence-corrected chi connectivity index (χ0v) is 11.9. The smallest absolute Gasteiger partial charge is 0.348 e. The summed E-state index contributed by atoms with van der Waals surface area (Å²) in [4.78, 5) is 11.6. The number of carbonyl (C=O) groups excluding carboxylic acids is 1. The highest BCUT2D eigenvalue weighted by molar-refractivity contribution is 6.49. The van der Waals surface area contributed by atoms with Crippen molar-refractivity contribution in [3.8, 4) is 6.07 Å². The Morgan fingerprint density at radius 3 is 2.90 bits per heavy atom. The number of ether oxygens (including phenoxy) is 1. The number of halogens is 1. The molecule has 1 aromatic rings. The van der Waals surface area contributed by atoms with Gasteiger partial charge in [-0.15, -0.1) is 0 Å². The number of nitrogens with zero attached hydrogens (tertiary/aromatic N) is 1. The lowest BCUT2D eigenvalue weighted by molar-refractivity contribution is -0.138. The van der Waals surface area contributed by atoms with E-state index < -0.39 is 5.97 Å². The minimum atomic E-state index is -0.606. The summed E-state index contributed by atoms with van der Waals surface area (Å²) >= 11 is 6.37. The van der Waals surface area contributed by atoms with E-state index in [0.717, 1.165) is 17.6 Å². The van der Waals surface area contributed by atoms with E-state index in [-0.39, 0.29) is 12.2 Å². The quantitative estimate of drug-likeness (QED) is 0.485. The molecule has 0 fully saturated rings. The summed E-state index contributed by atoms with van der Waals surface area (Å²) in [6.07, 6.45) is 3.09. The van der Waals surface area contributed by atoms with Crippen LogP contribution in [-0.2, 0) is 16.0 Å². The summed E-state index contributed by atoms with van der Waals surface area (Å²) in [5, 5.41) is 9.65. The van der Waals surface area contributed by atoms with Crippen molar-refractivity contribution in [3.05, 3.63) is 52.6 Å². The highest BCUT2D eigenvalue weighted by Crippen LogP contribution is 2.34. The molecule has 4 heteroatoms. The molecular formula is C16H14ClNO2. The average Bonchev–Trinajstić information content (AvgIpc) is 2.47. The molecule has 0 radical (unpaired) electrons. The van der Waals surface area contributed by atoms with E-state index in [1.807, 2.05) is 30.3 Å². The van der Waals surface area contributed by atoms with Crippen molar-refractivity contribution >= 4 is 22.6 Å². The van der Waals surface area contributed by atoms with Gasteiger partial charge in [-0.2, -0.15) is 5.26 Å². The zero-order chi connectivity index (χ0) is 14.5. The zero-order valence-electron chi connectivity index (χ0n) is 11.1. The number of carbonyl (C=O) groups is 1. The van der Waals surface area contributed by atoms with Crippen LogP contribution in [0.3, 0.4) is 0 Å². The van der Waals surface area contributed by atoms with Crippen LogP contribution in [-0.4, -0.2) is 12.6 Å². The fourth-order valence-electron chi connectivity index (χ4n) is 2.16. The van der Waals surface area contributed by atoms with Crippen molar-refractivity contribution < 1.29 is 9.53 Å². The van der Waals surface area contributed by atoms with Gasteiger partial charge < -0.3 is 4.74 Å². The van der Waals surface area contributed by atoms with Crippen molar-refractivity contribution in [2.24, 2.45) is 0 Å². The molecule has 0 saturated carbocycles. The monoisotopic (exact) mass is 287 g/mol. The molecule has 3 nitrogen and oxygen atoms in total. The van der Waals surface area contributed by atoms with Gasteiger partial charge in [0.1, 0.15) is 11.6 Å². The van der Waals surface area contributed by atoms with Gasteiger partial charge in [-0.05, 0) is 42.5 Å². The lowest BCUT2D eigenvalue weighted by atomic mass is 9.91. The van der Waals surface area contributed by atoms with E-state index in [0.29, 0.717) is 11.5 Å². The number of hydrogen-bond acceptors (Lipinski definition) is 3. The van der Waals surface area contributed by atoms with Gasteiger partial charge in [-0.25, -0.2) is 4.79 Å². The van der Waals surface area contributed by atoms with Gasteiger partial charge in [-0.3, -0.25) is 0 Å². The molecule has 1 aliphatic rings. The molecule has 0 atom stereocenters. The Hall–Kier alpha value is -2.05. The lowest BCUT2D eigenvalue weighted by Crippen LogP contribution is -2.08. The van der Waals surface area contributed by atoms with Crippen LogP contribution in [0.25, 0.3) is 5.03 Å². The van der Waals surface area contributed by atoms with Crippen molar-refractivity contribution in [1.82, 2.24) is 0 Å². The molecule has 0 aliphatic heterocycles. The van der Waals surface area contributed by atoms with E-state index in [4.69, 9.17) is 21.6 Å². The van der Waals surface area contributed by atoms with Gasteiger partial charge in [0.25, 0.3) is 0 Å². The van der Waals surface area contributed by atoms with E-state index in [1.54, 1.807) is 6.92 Å². The number of rotatable bonds is 3. The van der Waals surface area contributed by atoms with Crippen LogP contribution < -0.4 is 0 Å². The first-order chi connectivity index (χ1) is 9.67. The average molecular weight is 288 g/mol. The standard InChI is InChI=1S/C16H14ClNO2/c1-2-20-16(19)13(10-18)9-12-8-7-11-5-3-4-6-14(11)15(12)17/h3-6,9H,2,7-8H2,1H3/b13-9-. The Morgan fingerprint density at radius 1 is 1.45 bits per heavy atom. The summed E-state index contributed by atoms with van der Waals surface area (Å²) in [6.45, 7) is 1.95. The van der Waals surface area contributed by atoms with Gasteiger partial charge in [0.05, 0.1) is 11.6 Å². The maximum Gasteiger partial charge on any atom is 0.348 e. The molecule has 0 amide bonds. The summed E-state index contributed by atoms with van der Waals surface area (Å²) in [7, 11) is 0. The number of esters is 1. The third kappa shape index (κ3) is 2.92. The number of benzene rings is 1. The van der Waals surface area contributed by atoms with E-state index in [9.17, 15) is 4.79 Å². The fourth-order valence-corrected chi connectivity index (χ4v) is 2.49. The van der Waals surface area contributed by atoms with Gasteiger partial charge in [0, 0.05) is 0 Å². The molecule has 2 rings (SSSR count). The molecule has 0 spiro atoms. The van der Waals surface area contributed by atoms with Gasteiger partial charge in [0.15, 0.2) is 0 Å². The summed E-state index contributed by atoms with van der Waals surface area (Å²) < 4.78 is 4.85. The first kappa shape index (κ1) is 14.4. The Morgan fingerprint density at radius 2 is 2.20 bits per heavy atom. The van der Waals surface area contributed by atoms with E-state index >= 15 is 0 Å². The molecular weight excluding hydrogens is 274 g/mol. The van der Waals surface area contributed by atoms with Gasteiger partial charge >= 0.3 is 5.97 Å². The molecule has 0 aromatic heterocycles. The first-order valence-corrected chi connectivity index (χ1v) is 6.81. The van der Waals surface area contributed by atoms with Crippen LogP contribution in [0.2, 0.25) is 0 Å². The van der Waals surface area contributed by atoms with E-state index in [2.05, 4.69) is 0 Å². The largest absolute Gasteiger partial charge is 0.462 e. The summed E-state index contributed by atoms with van der Waals surface area (Å²) in [5.41, 5.74) is 2.94. The molecule has 0 heterocycles. The highest BCUT2D eigenvalue weighted by Gasteiger charge is 2.18. The van der Waals surface area contributed by atoms with Crippen molar-refractivity contribution in [2.75, 3.05) is 6.61 Å². The first-order valence-electron chi connectivity index (χ1n) is 6.43. The Bertz CT molecular complexity index is 638. The van der Waals surface area contributed by atoms with Gasteiger partial charge in [0.2, 0.25) is 0 Å². The van der Waals surface area contributed by atoms with Crippen molar-refractivity contribution in [2.45, 2.75) is 19.8 Å². The van der Waals surface area contributed by atoms with Crippen molar-refractivity contribution in [3.63, 3.8) is 0 Å². The van der Waals surface area contributed by atoms with Crippen LogP contribution in [0.4, 0.5) is 0 Å². The Balaban J connectivity index is 2.39. The maximum atomic E-state index is 11.6. The minimum Gasteiger partial charge on any atom is -0.462 e. The van der Waals surface area contributed by atoms with Crippen LogP contribution in [0, 0.1) is 11.3 Å². The van der Waals surface area contributed by atoms with Crippen LogP contribution >= 0.6 is 11.6 Å². The third-order valence-electron chi connectivity index (χ3n) is 3.13. The predicted octanol–water partition coefficient (Wildman–Crippen LogP) is 3.60. The second kappa shape index (κ2) is 6.40. The number of fused-ring (bicyclic) bond motifs is 1. The SMILES string of the molecule is CCOC(=O)/C(C#N)=C\C1=C(Cl)c2ccccc2CC1. The molecule has 0 bridgehead atoms. The van der Waals surface area contributed by atoms with E-state index in [1.165, 1.54) is 11.6 Å². The van der Waals surface area contributed by atoms with Crippen LogP contribution in [0.1, 0.15) is 24.5 Å². The molecule has 0 unspecified atom stereocenters. The second-order valence-corrected chi connectivity index (χ2v) is 4.76. The lowest BCUT2D eigenvalue weighted by Gasteiger charge is -2.17. The number of hydrogen-bond donors (Lipinski definition) is 0. The highest BCUT2D eigenvalue weighted by atomic mass is 35.5. The third-order valence-corrected chi connectivity index (χ3v) is 3.58. The molecule has 102 valence electrons. The topological polar surface area (TPSA) is 50.1 Å². The molecule has 1 aliphatic carbocycles. The van der Waals surface area contributed by atoms with Crippen LogP contribution in [0.15, 0.2) is 41.5 Å². The molecule has 0 N–H and O–H groups in total. The summed E-state index contributed by atoms with van der Waals surface area (Å²) in [5.74, 6) is -0.606. The predicted molar refractivity (Wildman–Crippen MR) is 77.9 cm³/mol. The fraction of sp³-hybridized carbons (Fsp3) is 0.250. The molecule has 1 aromatic carbocycles. The maximum absolute atomic E-state index is 11.6. The molecule has 0 saturated heterocycles.